The van der Waals surface area contributed by atoms with Crippen LogP contribution in [0.1, 0.15) is 19.4 Å². The minimum atomic E-state index is -0.131. The number of carbonyl (C=O) groups is 1. The lowest BCUT2D eigenvalue weighted by Gasteiger charge is -2.23. The number of rotatable bonds is 8. The van der Waals surface area contributed by atoms with Crippen molar-refractivity contribution in [3.63, 3.8) is 0 Å². The molecule has 176 valence electrons. The number of anilines is 1. The molecule has 0 bridgehead atoms. The molecule has 2 heterocycles. The highest BCUT2D eigenvalue weighted by Crippen LogP contribution is 2.38. The molecule has 1 aliphatic heterocycles. The minimum absolute atomic E-state index is 0. The fraction of sp³-hybridized carbons (Fsp3) is 0.333. The summed E-state index contributed by atoms with van der Waals surface area (Å²) >= 11 is 7.72. The molecule has 0 fully saturated rings. The van der Waals surface area contributed by atoms with Crippen LogP contribution < -0.4 is 14.4 Å². The maximum atomic E-state index is 13.2. The second kappa shape index (κ2) is 11.7. The van der Waals surface area contributed by atoms with Gasteiger partial charge in [0.15, 0.2) is 16.6 Å². The van der Waals surface area contributed by atoms with Crippen LogP contribution in [0.25, 0.3) is 16.3 Å². The van der Waals surface area contributed by atoms with Crippen LogP contribution in [-0.4, -0.2) is 55.2 Å². The normalized spacial score (nSPS) is 12.8. The smallest absolute Gasteiger partial charge is 0.252 e. The Morgan fingerprint density at radius 2 is 1.82 bits per heavy atom. The van der Waals surface area contributed by atoms with Gasteiger partial charge in [0, 0.05) is 36.3 Å². The summed E-state index contributed by atoms with van der Waals surface area (Å²) in [5.41, 5.74) is 1.60. The average Bonchev–Trinajstić information content (AvgIpc) is 3.22. The summed E-state index contributed by atoms with van der Waals surface area (Å²) in [6.07, 6.45) is 3.32. The second-order valence-electron chi connectivity index (χ2n) is 7.33. The maximum absolute atomic E-state index is 13.2. The lowest BCUT2D eigenvalue weighted by atomic mass is 10.2. The number of likely N-dealkylation sites (N-methyl/N-ethyl adjacent to an activating group) is 1. The van der Waals surface area contributed by atoms with Crippen molar-refractivity contribution in [1.82, 2.24) is 9.88 Å². The van der Waals surface area contributed by atoms with Gasteiger partial charge in [-0.15, -0.1) is 12.4 Å². The standard InChI is InChI=1S/C24H26ClN3O3S.ClH/c1-3-27(4-2)11-12-28(23(29)10-9-17-7-5-6-8-18(17)25)24-26-19-15-20-21(16-22(19)32-24)31-14-13-30-20;/h5-10,15-16H,3-4,11-14H2,1-2H3;1H. The molecular weight excluding hydrogens is 481 g/mol. The molecule has 6 nitrogen and oxygen atoms in total. The molecule has 9 heteroatoms. The van der Waals surface area contributed by atoms with E-state index < -0.39 is 0 Å². The highest BCUT2D eigenvalue weighted by atomic mass is 35.5. The molecule has 0 saturated heterocycles. The van der Waals surface area contributed by atoms with Crippen LogP contribution in [0.3, 0.4) is 0 Å². The van der Waals surface area contributed by atoms with Gasteiger partial charge in [-0.25, -0.2) is 4.98 Å². The van der Waals surface area contributed by atoms with Crippen molar-refractivity contribution in [2.24, 2.45) is 0 Å². The molecule has 1 aliphatic rings. The van der Waals surface area contributed by atoms with E-state index in [4.69, 9.17) is 26.1 Å². The molecule has 3 aromatic rings. The van der Waals surface area contributed by atoms with Crippen LogP contribution >= 0.6 is 35.3 Å². The molecule has 0 unspecified atom stereocenters. The first kappa shape index (κ1) is 25.3. The summed E-state index contributed by atoms with van der Waals surface area (Å²) in [7, 11) is 0. The van der Waals surface area contributed by atoms with Gasteiger partial charge in [0.05, 0.1) is 10.2 Å². The van der Waals surface area contributed by atoms with Crippen molar-refractivity contribution in [1.29, 1.82) is 0 Å². The van der Waals surface area contributed by atoms with E-state index in [1.54, 1.807) is 17.1 Å². The van der Waals surface area contributed by atoms with Crippen LogP contribution in [0.5, 0.6) is 11.5 Å². The number of amides is 1. The predicted octanol–water partition coefficient (Wildman–Crippen LogP) is 5.53. The van der Waals surface area contributed by atoms with Crippen molar-refractivity contribution in [2.75, 3.05) is 44.3 Å². The van der Waals surface area contributed by atoms with E-state index in [-0.39, 0.29) is 18.3 Å². The number of carbonyl (C=O) groups excluding carboxylic acids is 1. The van der Waals surface area contributed by atoms with Gasteiger partial charge < -0.3 is 14.4 Å². The number of aromatic nitrogens is 1. The van der Waals surface area contributed by atoms with E-state index in [0.29, 0.717) is 35.7 Å². The number of hydrogen-bond donors (Lipinski definition) is 0. The Bertz CT molecular complexity index is 1090. The largest absolute Gasteiger partial charge is 0.486 e. The van der Waals surface area contributed by atoms with Crippen LogP contribution in [0, 0.1) is 0 Å². The topological polar surface area (TPSA) is 54.9 Å². The van der Waals surface area contributed by atoms with Gasteiger partial charge in [-0.1, -0.05) is 55.0 Å². The Balaban J connectivity index is 0.00000306. The van der Waals surface area contributed by atoms with Crippen molar-refractivity contribution >= 4 is 62.7 Å². The number of thiazole rings is 1. The molecule has 1 amide bonds. The van der Waals surface area contributed by atoms with E-state index in [1.807, 2.05) is 36.4 Å². The lowest BCUT2D eigenvalue weighted by Crippen LogP contribution is -2.38. The third-order valence-electron chi connectivity index (χ3n) is 5.38. The van der Waals surface area contributed by atoms with E-state index >= 15 is 0 Å². The first-order valence-corrected chi connectivity index (χ1v) is 11.9. The van der Waals surface area contributed by atoms with Gasteiger partial charge >= 0.3 is 0 Å². The van der Waals surface area contributed by atoms with Crippen LogP contribution in [-0.2, 0) is 4.79 Å². The number of halogens is 2. The summed E-state index contributed by atoms with van der Waals surface area (Å²) in [5, 5.41) is 1.26. The number of hydrogen-bond acceptors (Lipinski definition) is 6. The van der Waals surface area contributed by atoms with Gasteiger partial charge in [0.2, 0.25) is 0 Å². The average molecular weight is 508 g/mol. The highest BCUT2D eigenvalue weighted by Gasteiger charge is 2.21. The maximum Gasteiger partial charge on any atom is 0.252 e. The van der Waals surface area contributed by atoms with Crippen LogP contribution in [0.15, 0.2) is 42.5 Å². The summed E-state index contributed by atoms with van der Waals surface area (Å²) in [5.74, 6) is 1.28. The molecular formula is C24H27Cl2N3O3S. The molecule has 0 saturated carbocycles. The third-order valence-corrected chi connectivity index (χ3v) is 6.77. The molecule has 4 rings (SSSR count). The fourth-order valence-electron chi connectivity index (χ4n) is 3.51. The zero-order valence-electron chi connectivity index (χ0n) is 18.6. The van der Waals surface area contributed by atoms with Gasteiger partial charge in [0.25, 0.3) is 5.91 Å². The molecule has 0 N–H and O–H groups in total. The zero-order chi connectivity index (χ0) is 22.5. The fourth-order valence-corrected chi connectivity index (χ4v) is 4.72. The van der Waals surface area contributed by atoms with E-state index in [1.165, 1.54) is 11.3 Å². The molecule has 2 aromatic carbocycles. The molecule has 1 aromatic heterocycles. The third kappa shape index (κ3) is 5.98. The summed E-state index contributed by atoms with van der Waals surface area (Å²) < 4.78 is 12.3. The zero-order valence-corrected chi connectivity index (χ0v) is 21.0. The molecule has 0 radical (unpaired) electrons. The Morgan fingerprint density at radius 3 is 2.52 bits per heavy atom. The first-order valence-electron chi connectivity index (χ1n) is 10.8. The van der Waals surface area contributed by atoms with Crippen LogP contribution in [0.2, 0.25) is 5.02 Å². The lowest BCUT2D eigenvalue weighted by molar-refractivity contribution is -0.114. The number of nitrogens with zero attached hydrogens (tertiary/aromatic N) is 3. The first-order chi connectivity index (χ1) is 15.6. The van der Waals surface area contributed by atoms with Crippen molar-refractivity contribution in [3.05, 3.63) is 53.1 Å². The predicted molar refractivity (Wildman–Crippen MR) is 138 cm³/mol. The van der Waals surface area contributed by atoms with Gasteiger partial charge in [-0.3, -0.25) is 9.69 Å². The SMILES string of the molecule is CCN(CC)CCN(C(=O)C=Cc1ccccc1Cl)c1nc2cc3c(cc2s1)OCCO3.Cl. The number of fused-ring (bicyclic) bond motifs is 2. The van der Waals surface area contributed by atoms with E-state index in [9.17, 15) is 4.79 Å². The number of ether oxygens (including phenoxy) is 2. The summed E-state index contributed by atoms with van der Waals surface area (Å²) in [6, 6.07) is 11.3. The summed E-state index contributed by atoms with van der Waals surface area (Å²) in [6.45, 7) is 8.45. The van der Waals surface area contributed by atoms with Crippen LogP contribution in [0.4, 0.5) is 5.13 Å². The Hall–Kier alpha value is -2.32. The minimum Gasteiger partial charge on any atom is -0.486 e. The quantitative estimate of drug-likeness (QED) is 0.375. The second-order valence-corrected chi connectivity index (χ2v) is 8.75. The highest BCUT2D eigenvalue weighted by molar-refractivity contribution is 7.22. The van der Waals surface area contributed by atoms with Gasteiger partial charge in [0.1, 0.15) is 13.2 Å². The molecule has 0 aliphatic carbocycles. The molecule has 0 spiro atoms. The Morgan fingerprint density at radius 1 is 1.12 bits per heavy atom. The number of benzene rings is 2. The Kier molecular flexibility index (Phi) is 8.97. The Labute approximate surface area is 209 Å². The van der Waals surface area contributed by atoms with Gasteiger partial charge in [-0.2, -0.15) is 0 Å². The summed E-state index contributed by atoms with van der Waals surface area (Å²) in [4.78, 5) is 22.0. The van der Waals surface area contributed by atoms with Gasteiger partial charge in [-0.05, 0) is 30.8 Å². The van der Waals surface area contributed by atoms with E-state index in [0.717, 1.165) is 41.2 Å². The van der Waals surface area contributed by atoms with E-state index in [2.05, 4.69) is 18.7 Å². The van der Waals surface area contributed by atoms with Crippen molar-refractivity contribution in [3.8, 4) is 11.5 Å². The molecule has 33 heavy (non-hydrogen) atoms. The molecule has 0 atom stereocenters. The van der Waals surface area contributed by atoms with Crippen molar-refractivity contribution in [2.45, 2.75) is 13.8 Å². The monoisotopic (exact) mass is 507 g/mol. The van der Waals surface area contributed by atoms with Crippen molar-refractivity contribution < 1.29 is 14.3 Å².